The van der Waals surface area contributed by atoms with Crippen molar-refractivity contribution in [3.05, 3.63) is 36.0 Å². The molecule has 6 heteroatoms. The van der Waals surface area contributed by atoms with E-state index in [4.69, 9.17) is 9.47 Å². The summed E-state index contributed by atoms with van der Waals surface area (Å²) in [5, 5.41) is 3.72. The van der Waals surface area contributed by atoms with Gasteiger partial charge in [0.25, 0.3) is 0 Å². The normalized spacial score (nSPS) is 18.5. The van der Waals surface area contributed by atoms with Gasteiger partial charge in [0.15, 0.2) is 0 Å². The Hall–Kier alpha value is -2.34. The summed E-state index contributed by atoms with van der Waals surface area (Å²) in [4.78, 5) is 24.5. The highest BCUT2D eigenvalue weighted by Gasteiger charge is 2.23. The molecule has 1 amide bonds. The molecule has 1 aliphatic rings. The van der Waals surface area contributed by atoms with Crippen LogP contribution in [0.5, 0.6) is 0 Å². The maximum atomic E-state index is 12.5. The van der Waals surface area contributed by atoms with Gasteiger partial charge in [-0.05, 0) is 25.8 Å². The Morgan fingerprint density at radius 2 is 2.21 bits per heavy atom. The van der Waals surface area contributed by atoms with Gasteiger partial charge in [-0.25, -0.2) is 4.79 Å². The third-order valence-electron chi connectivity index (χ3n) is 4.47. The summed E-state index contributed by atoms with van der Waals surface area (Å²) in [5.74, 6) is -0.500. The van der Waals surface area contributed by atoms with Crippen molar-refractivity contribution in [2.24, 2.45) is 0 Å². The minimum absolute atomic E-state index is 0.0948. The van der Waals surface area contributed by atoms with Crippen molar-refractivity contribution in [1.82, 2.24) is 9.88 Å². The zero-order valence-corrected chi connectivity index (χ0v) is 14.0. The van der Waals surface area contributed by atoms with Crippen LogP contribution in [0.25, 0.3) is 10.9 Å². The average Bonchev–Trinajstić information content (AvgIpc) is 3.26. The molecule has 24 heavy (non-hydrogen) atoms. The summed E-state index contributed by atoms with van der Waals surface area (Å²) in [7, 11) is 1.35. The van der Waals surface area contributed by atoms with Gasteiger partial charge in [-0.3, -0.25) is 4.79 Å². The van der Waals surface area contributed by atoms with Crippen molar-refractivity contribution in [1.29, 1.82) is 0 Å². The third-order valence-corrected chi connectivity index (χ3v) is 4.47. The summed E-state index contributed by atoms with van der Waals surface area (Å²) in [5.41, 5.74) is 1.30. The second-order valence-electron chi connectivity index (χ2n) is 6.01. The molecule has 1 aromatic heterocycles. The van der Waals surface area contributed by atoms with Crippen molar-refractivity contribution < 1.29 is 19.1 Å². The van der Waals surface area contributed by atoms with E-state index in [0.29, 0.717) is 12.1 Å². The summed E-state index contributed by atoms with van der Waals surface area (Å²) in [6, 6.07) is 7.06. The Balaban J connectivity index is 1.82. The van der Waals surface area contributed by atoms with E-state index in [2.05, 4.69) is 5.32 Å². The molecular formula is C18H22N2O4. The summed E-state index contributed by atoms with van der Waals surface area (Å²) >= 11 is 0. The van der Waals surface area contributed by atoms with Crippen LogP contribution in [0.1, 0.15) is 36.2 Å². The van der Waals surface area contributed by atoms with E-state index >= 15 is 0 Å². The van der Waals surface area contributed by atoms with Gasteiger partial charge >= 0.3 is 5.97 Å². The van der Waals surface area contributed by atoms with Crippen LogP contribution in [0.15, 0.2) is 30.5 Å². The summed E-state index contributed by atoms with van der Waals surface area (Å²) in [6.45, 7) is 3.10. The van der Waals surface area contributed by atoms with Crippen LogP contribution < -0.4 is 5.32 Å². The molecule has 0 unspecified atom stereocenters. The van der Waals surface area contributed by atoms with Gasteiger partial charge in [0.2, 0.25) is 5.91 Å². The number of benzene rings is 1. The van der Waals surface area contributed by atoms with Crippen LogP contribution in [0.3, 0.4) is 0 Å². The molecule has 2 atom stereocenters. The highest BCUT2D eigenvalue weighted by molar-refractivity contribution is 6.04. The smallest absolute Gasteiger partial charge is 0.340 e. The lowest BCUT2D eigenvalue weighted by molar-refractivity contribution is -0.124. The molecule has 1 fully saturated rings. The highest BCUT2D eigenvalue weighted by atomic mass is 16.5. The highest BCUT2D eigenvalue weighted by Crippen LogP contribution is 2.25. The topological polar surface area (TPSA) is 69.6 Å². The van der Waals surface area contributed by atoms with E-state index in [0.717, 1.165) is 30.4 Å². The first-order valence-corrected chi connectivity index (χ1v) is 8.19. The fourth-order valence-corrected chi connectivity index (χ4v) is 3.09. The Labute approximate surface area is 140 Å². The number of methoxy groups -OCH3 is 1. The Morgan fingerprint density at radius 1 is 1.42 bits per heavy atom. The fraction of sp³-hybridized carbons (Fsp3) is 0.444. The Bertz CT molecular complexity index is 747. The SMILES string of the molecule is COC(=O)c1cn([C@@H](C)C(=O)NC[C@@H]2CCCO2)c2ccccc12. The largest absolute Gasteiger partial charge is 0.465 e. The number of hydrogen-bond acceptors (Lipinski definition) is 4. The van der Waals surface area contributed by atoms with Crippen molar-refractivity contribution >= 4 is 22.8 Å². The molecule has 0 saturated carbocycles. The van der Waals surface area contributed by atoms with E-state index in [-0.39, 0.29) is 12.0 Å². The van der Waals surface area contributed by atoms with Crippen LogP contribution >= 0.6 is 0 Å². The number of nitrogens with one attached hydrogen (secondary N) is 1. The number of ether oxygens (including phenoxy) is 2. The van der Waals surface area contributed by atoms with Gasteiger partial charge < -0.3 is 19.4 Å². The molecule has 0 bridgehead atoms. The lowest BCUT2D eigenvalue weighted by Crippen LogP contribution is -2.36. The molecule has 2 heterocycles. The van der Waals surface area contributed by atoms with Crippen molar-refractivity contribution in [3.8, 4) is 0 Å². The molecule has 0 radical (unpaired) electrons. The number of rotatable bonds is 5. The molecule has 2 aromatic rings. The molecule has 6 nitrogen and oxygen atoms in total. The number of carbonyl (C=O) groups is 2. The summed E-state index contributed by atoms with van der Waals surface area (Å²) < 4.78 is 12.2. The second-order valence-corrected chi connectivity index (χ2v) is 6.01. The van der Waals surface area contributed by atoms with Crippen LogP contribution in [0.2, 0.25) is 0 Å². The molecule has 128 valence electrons. The maximum Gasteiger partial charge on any atom is 0.340 e. The fourth-order valence-electron chi connectivity index (χ4n) is 3.09. The summed E-state index contributed by atoms with van der Waals surface area (Å²) in [6.07, 6.45) is 3.81. The Morgan fingerprint density at radius 3 is 2.92 bits per heavy atom. The van der Waals surface area contributed by atoms with Gasteiger partial charge in [0, 0.05) is 30.3 Å². The first kappa shape index (κ1) is 16.5. The van der Waals surface area contributed by atoms with E-state index in [1.54, 1.807) is 6.20 Å². The first-order chi connectivity index (χ1) is 11.6. The maximum absolute atomic E-state index is 12.5. The van der Waals surface area contributed by atoms with E-state index in [1.807, 2.05) is 35.8 Å². The molecule has 1 aromatic carbocycles. The van der Waals surface area contributed by atoms with E-state index < -0.39 is 12.0 Å². The average molecular weight is 330 g/mol. The van der Waals surface area contributed by atoms with E-state index in [9.17, 15) is 9.59 Å². The van der Waals surface area contributed by atoms with Gasteiger partial charge in [0.05, 0.1) is 18.8 Å². The minimum Gasteiger partial charge on any atom is -0.465 e. The van der Waals surface area contributed by atoms with Gasteiger partial charge in [0.1, 0.15) is 6.04 Å². The van der Waals surface area contributed by atoms with Crippen molar-refractivity contribution in [2.45, 2.75) is 31.9 Å². The van der Waals surface area contributed by atoms with Crippen LogP contribution in [-0.2, 0) is 14.3 Å². The molecule has 1 saturated heterocycles. The number of fused-ring (bicyclic) bond motifs is 1. The minimum atomic E-state index is -0.435. The van der Waals surface area contributed by atoms with Crippen LogP contribution in [0, 0.1) is 0 Å². The van der Waals surface area contributed by atoms with Gasteiger partial charge in [-0.1, -0.05) is 18.2 Å². The molecule has 1 N–H and O–H groups in total. The predicted octanol–water partition coefficient (Wildman–Crippen LogP) is 2.28. The van der Waals surface area contributed by atoms with Crippen molar-refractivity contribution in [2.75, 3.05) is 20.3 Å². The van der Waals surface area contributed by atoms with E-state index in [1.165, 1.54) is 7.11 Å². The number of esters is 1. The zero-order valence-electron chi connectivity index (χ0n) is 14.0. The Kier molecular flexibility index (Phi) is 4.85. The molecule has 0 aliphatic carbocycles. The standard InChI is InChI=1S/C18H22N2O4/c1-12(17(21)19-10-13-6-5-9-24-13)20-11-15(18(22)23-2)14-7-3-4-8-16(14)20/h3-4,7-8,11-13H,5-6,9-10H2,1-2H3,(H,19,21)/t12-,13-/m0/s1. The molecule has 0 spiro atoms. The molecule has 1 aliphatic heterocycles. The third kappa shape index (κ3) is 3.14. The first-order valence-electron chi connectivity index (χ1n) is 8.19. The van der Waals surface area contributed by atoms with Gasteiger partial charge in [-0.15, -0.1) is 0 Å². The number of carbonyl (C=O) groups excluding carboxylic acids is 2. The zero-order chi connectivity index (χ0) is 17.1. The lowest BCUT2D eigenvalue weighted by Gasteiger charge is -2.17. The molecular weight excluding hydrogens is 308 g/mol. The van der Waals surface area contributed by atoms with Gasteiger partial charge in [-0.2, -0.15) is 0 Å². The number of amides is 1. The second kappa shape index (κ2) is 7.05. The predicted molar refractivity (Wildman–Crippen MR) is 90.0 cm³/mol. The number of nitrogens with zero attached hydrogens (tertiary/aromatic N) is 1. The van der Waals surface area contributed by atoms with Crippen molar-refractivity contribution in [3.63, 3.8) is 0 Å². The van der Waals surface area contributed by atoms with Crippen LogP contribution in [0.4, 0.5) is 0 Å². The number of hydrogen-bond donors (Lipinski definition) is 1. The molecule has 3 rings (SSSR count). The lowest BCUT2D eigenvalue weighted by atomic mass is 10.2. The van der Waals surface area contributed by atoms with Crippen LogP contribution in [-0.4, -0.2) is 42.8 Å². The monoisotopic (exact) mass is 330 g/mol. The quantitative estimate of drug-likeness (QED) is 0.854. The number of para-hydroxylation sites is 1. The number of aromatic nitrogens is 1.